The van der Waals surface area contributed by atoms with E-state index >= 15 is 0 Å². The molecule has 0 atom stereocenters. The second-order valence-corrected chi connectivity index (χ2v) is 3.82. The Morgan fingerprint density at radius 1 is 1.29 bits per heavy atom. The minimum atomic E-state index is -0.190. The summed E-state index contributed by atoms with van der Waals surface area (Å²) in [5.74, 6) is -0.0378. The Balaban J connectivity index is 2.01. The molecule has 0 aliphatic carbocycles. The van der Waals surface area contributed by atoms with E-state index in [1.807, 2.05) is 18.2 Å². The number of nitrogens with zero attached hydrogens (tertiary/aromatic N) is 1. The summed E-state index contributed by atoms with van der Waals surface area (Å²) in [6, 6.07) is 6.99. The standard InChI is InChI=1S/C11H10N4O2/c16-10-4-9(14-15-10)6-1-2-8-7(3-6)5-12-11(17)13-8/h1-4H,5H2,(H2,12,13,17)(H2,14,15,16). The molecule has 17 heavy (non-hydrogen) atoms. The average molecular weight is 230 g/mol. The number of fused-ring (bicyclic) bond motifs is 1. The maximum atomic E-state index is 11.1. The van der Waals surface area contributed by atoms with Crippen molar-refractivity contribution < 1.29 is 9.90 Å². The number of urea groups is 1. The minimum Gasteiger partial charge on any atom is -0.492 e. The van der Waals surface area contributed by atoms with E-state index in [1.165, 1.54) is 0 Å². The SMILES string of the molecule is O=C1NCc2cc(-c3cc(O)n[nH]3)ccc2N1. The van der Waals surface area contributed by atoms with E-state index in [0.717, 1.165) is 22.5 Å². The number of carbonyl (C=O) groups is 1. The van der Waals surface area contributed by atoms with Crippen LogP contribution in [0.3, 0.4) is 0 Å². The van der Waals surface area contributed by atoms with Crippen LogP contribution in [0.2, 0.25) is 0 Å². The van der Waals surface area contributed by atoms with Crippen LogP contribution in [0.15, 0.2) is 24.3 Å². The number of aromatic nitrogens is 2. The van der Waals surface area contributed by atoms with Gasteiger partial charge < -0.3 is 15.7 Å². The number of carbonyl (C=O) groups excluding carboxylic acids is 1. The number of H-pyrrole nitrogens is 1. The van der Waals surface area contributed by atoms with Gasteiger partial charge in [-0.1, -0.05) is 6.07 Å². The summed E-state index contributed by atoms with van der Waals surface area (Å²) in [5.41, 5.74) is 3.45. The van der Waals surface area contributed by atoms with Crippen LogP contribution < -0.4 is 10.6 Å². The number of rotatable bonds is 1. The maximum absolute atomic E-state index is 11.1. The van der Waals surface area contributed by atoms with Crippen LogP contribution in [0.25, 0.3) is 11.3 Å². The van der Waals surface area contributed by atoms with Gasteiger partial charge in [0.15, 0.2) is 0 Å². The lowest BCUT2D eigenvalue weighted by Gasteiger charge is -2.18. The highest BCUT2D eigenvalue weighted by Crippen LogP contribution is 2.26. The van der Waals surface area contributed by atoms with Crippen molar-refractivity contribution in [1.29, 1.82) is 0 Å². The van der Waals surface area contributed by atoms with Crippen molar-refractivity contribution in [3.05, 3.63) is 29.8 Å². The van der Waals surface area contributed by atoms with E-state index in [1.54, 1.807) is 6.07 Å². The molecule has 0 unspecified atom stereocenters. The van der Waals surface area contributed by atoms with Crippen LogP contribution in [0.4, 0.5) is 10.5 Å². The third-order valence-corrected chi connectivity index (χ3v) is 2.67. The van der Waals surface area contributed by atoms with Gasteiger partial charge in [-0.2, -0.15) is 0 Å². The first-order chi connectivity index (χ1) is 8.22. The van der Waals surface area contributed by atoms with E-state index in [4.69, 9.17) is 0 Å². The number of hydrogen-bond acceptors (Lipinski definition) is 3. The smallest absolute Gasteiger partial charge is 0.319 e. The Morgan fingerprint density at radius 3 is 2.94 bits per heavy atom. The number of aromatic hydroxyl groups is 1. The zero-order valence-electron chi connectivity index (χ0n) is 8.82. The van der Waals surface area contributed by atoms with Gasteiger partial charge in [0.1, 0.15) is 0 Å². The van der Waals surface area contributed by atoms with Gasteiger partial charge in [-0.25, -0.2) is 4.79 Å². The Bertz CT molecular complexity index is 591. The molecule has 4 N–H and O–H groups in total. The van der Waals surface area contributed by atoms with Crippen LogP contribution in [-0.4, -0.2) is 21.3 Å². The van der Waals surface area contributed by atoms with Gasteiger partial charge in [-0.15, -0.1) is 5.10 Å². The van der Waals surface area contributed by atoms with Gasteiger partial charge in [0.05, 0.1) is 5.69 Å². The number of nitrogens with one attached hydrogen (secondary N) is 3. The molecule has 1 aliphatic heterocycles. The fourth-order valence-corrected chi connectivity index (χ4v) is 1.83. The van der Waals surface area contributed by atoms with E-state index in [-0.39, 0.29) is 11.9 Å². The average Bonchev–Trinajstić information content (AvgIpc) is 2.75. The molecule has 0 spiro atoms. The second kappa shape index (κ2) is 3.51. The number of benzene rings is 1. The molecule has 6 nitrogen and oxygen atoms in total. The molecule has 86 valence electrons. The molecular formula is C11H10N4O2. The molecule has 0 fully saturated rings. The van der Waals surface area contributed by atoms with Crippen LogP contribution in [0.5, 0.6) is 5.88 Å². The van der Waals surface area contributed by atoms with Crippen molar-refractivity contribution >= 4 is 11.7 Å². The fraction of sp³-hybridized carbons (Fsp3) is 0.0909. The van der Waals surface area contributed by atoms with E-state index in [2.05, 4.69) is 20.8 Å². The lowest BCUT2D eigenvalue weighted by atomic mass is 10.1. The highest BCUT2D eigenvalue weighted by atomic mass is 16.3. The van der Waals surface area contributed by atoms with Gasteiger partial charge in [0.2, 0.25) is 5.88 Å². The molecule has 1 aromatic heterocycles. The summed E-state index contributed by atoms with van der Waals surface area (Å²) in [5, 5.41) is 21.0. The summed E-state index contributed by atoms with van der Waals surface area (Å²) < 4.78 is 0. The van der Waals surface area contributed by atoms with Gasteiger partial charge >= 0.3 is 6.03 Å². The number of anilines is 1. The Hall–Kier alpha value is -2.50. The molecule has 2 heterocycles. The van der Waals surface area contributed by atoms with Gasteiger partial charge in [-0.05, 0) is 17.7 Å². The molecule has 0 saturated heterocycles. The molecule has 0 saturated carbocycles. The van der Waals surface area contributed by atoms with Crippen LogP contribution in [0.1, 0.15) is 5.56 Å². The minimum absolute atomic E-state index is 0.0378. The molecule has 6 heteroatoms. The molecule has 3 rings (SSSR count). The molecular weight excluding hydrogens is 220 g/mol. The topological polar surface area (TPSA) is 90.0 Å². The molecule has 1 aromatic carbocycles. The monoisotopic (exact) mass is 230 g/mol. The predicted octanol–water partition coefficient (Wildman–Crippen LogP) is 1.42. The summed E-state index contributed by atoms with van der Waals surface area (Å²) in [7, 11) is 0. The zero-order valence-corrected chi connectivity index (χ0v) is 8.82. The van der Waals surface area contributed by atoms with Crippen LogP contribution in [0, 0.1) is 0 Å². The number of aromatic amines is 1. The fourth-order valence-electron chi connectivity index (χ4n) is 1.83. The predicted molar refractivity (Wildman–Crippen MR) is 61.5 cm³/mol. The van der Waals surface area contributed by atoms with Crippen molar-refractivity contribution in [1.82, 2.24) is 15.5 Å². The van der Waals surface area contributed by atoms with Gasteiger partial charge in [-0.3, -0.25) is 5.10 Å². The maximum Gasteiger partial charge on any atom is 0.319 e. The largest absolute Gasteiger partial charge is 0.492 e. The van der Waals surface area contributed by atoms with E-state index < -0.39 is 0 Å². The third kappa shape index (κ3) is 1.69. The second-order valence-electron chi connectivity index (χ2n) is 3.82. The van der Waals surface area contributed by atoms with Crippen molar-refractivity contribution in [2.45, 2.75) is 6.54 Å². The normalized spacial score (nSPS) is 13.8. The molecule has 0 radical (unpaired) electrons. The van der Waals surface area contributed by atoms with Crippen LogP contribution in [-0.2, 0) is 6.54 Å². The quantitative estimate of drug-likeness (QED) is 0.597. The highest BCUT2D eigenvalue weighted by Gasteiger charge is 2.14. The Morgan fingerprint density at radius 2 is 2.18 bits per heavy atom. The van der Waals surface area contributed by atoms with Crippen LogP contribution >= 0.6 is 0 Å². The molecule has 0 bridgehead atoms. The van der Waals surface area contributed by atoms with Gasteiger partial charge in [0.25, 0.3) is 0 Å². The Labute approximate surface area is 96.7 Å². The first-order valence-corrected chi connectivity index (χ1v) is 5.15. The first-order valence-electron chi connectivity index (χ1n) is 5.15. The summed E-state index contributed by atoms with van der Waals surface area (Å²) in [6.45, 7) is 0.495. The van der Waals surface area contributed by atoms with Crippen molar-refractivity contribution in [2.24, 2.45) is 0 Å². The summed E-state index contributed by atoms with van der Waals surface area (Å²) in [4.78, 5) is 11.1. The molecule has 2 aromatic rings. The lowest BCUT2D eigenvalue weighted by molar-refractivity contribution is 0.251. The van der Waals surface area contributed by atoms with Gasteiger partial charge in [0, 0.05) is 23.9 Å². The summed E-state index contributed by atoms with van der Waals surface area (Å²) in [6.07, 6.45) is 0. The third-order valence-electron chi connectivity index (χ3n) is 2.67. The lowest BCUT2D eigenvalue weighted by Crippen LogP contribution is -2.33. The summed E-state index contributed by atoms with van der Waals surface area (Å²) >= 11 is 0. The zero-order chi connectivity index (χ0) is 11.8. The van der Waals surface area contributed by atoms with E-state index in [0.29, 0.717) is 6.54 Å². The van der Waals surface area contributed by atoms with Crippen molar-refractivity contribution in [3.63, 3.8) is 0 Å². The first kappa shape index (κ1) is 9.71. The molecule has 2 amide bonds. The highest BCUT2D eigenvalue weighted by molar-refractivity contribution is 5.92. The van der Waals surface area contributed by atoms with Crippen molar-refractivity contribution in [2.75, 3.05) is 5.32 Å². The number of amides is 2. The Kier molecular flexibility index (Phi) is 2.01. The van der Waals surface area contributed by atoms with E-state index in [9.17, 15) is 9.90 Å². The molecule has 1 aliphatic rings. The number of hydrogen-bond donors (Lipinski definition) is 4. The van der Waals surface area contributed by atoms with Crippen molar-refractivity contribution in [3.8, 4) is 17.1 Å².